The van der Waals surface area contributed by atoms with Crippen molar-refractivity contribution in [3.63, 3.8) is 0 Å². The van der Waals surface area contributed by atoms with E-state index in [1.54, 1.807) is 23.2 Å². The van der Waals surface area contributed by atoms with Crippen molar-refractivity contribution in [2.45, 2.75) is 27.4 Å². The fraction of sp³-hybridized carbons (Fsp3) is 0.321. The van der Waals surface area contributed by atoms with Crippen molar-refractivity contribution in [2.75, 3.05) is 37.6 Å². The maximum atomic E-state index is 12.5. The number of piperazine rings is 1. The lowest BCUT2D eigenvalue weighted by molar-refractivity contribution is -0.130. The molecule has 186 valence electrons. The second-order valence-corrected chi connectivity index (χ2v) is 8.04. The molecule has 1 aliphatic rings. The number of pyridine rings is 1. The zero-order chi connectivity index (χ0) is 25.0. The molecule has 0 spiro atoms. The van der Waals surface area contributed by atoms with E-state index in [1.165, 1.54) is 0 Å². The van der Waals surface area contributed by atoms with E-state index in [0.717, 1.165) is 22.7 Å². The molecule has 7 heteroatoms. The maximum absolute atomic E-state index is 12.5. The lowest BCUT2D eigenvalue weighted by Crippen LogP contribution is -2.51. The van der Waals surface area contributed by atoms with Crippen molar-refractivity contribution in [1.29, 1.82) is 0 Å². The maximum Gasteiger partial charge on any atom is 0.251 e. The number of hydrogen-bond donors (Lipinski definition) is 1. The molecule has 1 fully saturated rings. The third kappa shape index (κ3) is 7.57. The molecule has 0 atom stereocenters. The van der Waals surface area contributed by atoms with Crippen LogP contribution in [-0.4, -0.2) is 54.4 Å². The predicted octanol–water partition coefficient (Wildman–Crippen LogP) is 4.32. The molecule has 0 radical (unpaired) electrons. The van der Waals surface area contributed by atoms with Gasteiger partial charge in [-0.3, -0.25) is 9.59 Å². The molecular weight excluding hydrogens is 440 g/mol. The van der Waals surface area contributed by atoms with Crippen LogP contribution >= 0.6 is 0 Å². The predicted molar refractivity (Wildman–Crippen MR) is 141 cm³/mol. The van der Waals surface area contributed by atoms with Gasteiger partial charge >= 0.3 is 0 Å². The molecule has 1 aliphatic heterocycles. The minimum Gasteiger partial charge on any atom is -0.487 e. The Balaban J connectivity index is 0.00000148. The molecular formula is C28H36N4O3. The molecule has 3 aromatic rings. The van der Waals surface area contributed by atoms with Gasteiger partial charge in [0.25, 0.3) is 5.91 Å². The molecule has 2 aromatic carbocycles. The molecule has 1 aromatic heterocycles. The molecule has 35 heavy (non-hydrogen) atoms. The SMILES string of the molecule is CC.Cc1ccc(C(=O)NCC(=O)N2CCN(c3ccc(OCc4ccccc4)cn3)CC2)cc1.[HH]. The van der Waals surface area contributed by atoms with Crippen LogP contribution in [0.3, 0.4) is 0 Å². The van der Waals surface area contributed by atoms with Crippen molar-refractivity contribution in [3.8, 4) is 5.75 Å². The highest BCUT2D eigenvalue weighted by atomic mass is 16.5. The average molecular weight is 477 g/mol. The van der Waals surface area contributed by atoms with Gasteiger partial charge in [0.05, 0.1) is 12.7 Å². The van der Waals surface area contributed by atoms with E-state index in [1.807, 2.05) is 75.4 Å². The molecule has 4 rings (SSSR count). The number of anilines is 1. The number of rotatable bonds is 7. The molecule has 1 saturated heterocycles. The fourth-order valence-electron chi connectivity index (χ4n) is 3.65. The summed E-state index contributed by atoms with van der Waals surface area (Å²) in [5.74, 6) is 1.27. The first kappa shape index (κ1) is 25.7. The van der Waals surface area contributed by atoms with E-state index in [4.69, 9.17) is 4.74 Å². The first-order valence-corrected chi connectivity index (χ1v) is 12.1. The third-order valence-corrected chi connectivity index (χ3v) is 5.64. The highest BCUT2D eigenvalue weighted by molar-refractivity contribution is 5.96. The Bertz CT molecular complexity index is 1070. The Morgan fingerprint density at radius 3 is 2.26 bits per heavy atom. The van der Waals surface area contributed by atoms with Crippen LogP contribution in [-0.2, 0) is 11.4 Å². The molecule has 2 amide bonds. The summed E-state index contributed by atoms with van der Waals surface area (Å²) in [6.45, 7) is 9.03. The number of carbonyl (C=O) groups excluding carboxylic acids is 2. The van der Waals surface area contributed by atoms with Gasteiger partial charge in [-0.25, -0.2) is 4.98 Å². The Kier molecular flexibility index (Phi) is 9.66. The van der Waals surface area contributed by atoms with Crippen molar-refractivity contribution >= 4 is 17.6 Å². The van der Waals surface area contributed by atoms with Gasteiger partial charge in [0.1, 0.15) is 18.2 Å². The fourth-order valence-corrected chi connectivity index (χ4v) is 3.65. The number of aromatic nitrogens is 1. The Morgan fingerprint density at radius 2 is 1.63 bits per heavy atom. The van der Waals surface area contributed by atoms with E-state index >= 15 is 0 Å². The van der Waals surface area contributed by atoms with Gasteiger partial charge in [0, 0.05) is 33.2 Å². The number of nitrogens with one attached hydrogen (secondary N) is 1. The first-order valence-electron chi connectivity index (χ1n) is 12.1. The quantitative estimate of drug-likeness (QED) is 0.550. The number of nitrogens with zero attached hydrogens (tertiary/aromatic N) is 3. The number of benzene rings is 2. The van der Waals surface area contributed by atoms with Crippen LogP contribution in [0.2, 0.25) is 0 Å². The van der Waals surface area contributed by atoms with Crippen LogP contribution in [0.25, 0.3) is 0 Å². The van der Waals surface area contributed by atoms with Crippen molar-refractivity contribution in [1.82, 2.24) is 15.2 Å². The van der Waals surface area contributed by atoms with Gasteiger partial charge in [0.15, 0.2) is 0 Å². The topological polar surface area (TPSA) is 74.8 Å². The molecule has 0 saturated carbocycles. The monoisotopic (exact) mass is 476 g/mol. The minimum absolute atomic E-state index is 0. The zero-order valence-corrected chi connectivity index (χ0v) is 20.7. The summed E-state index contributed by atoms with van der Waals surface area (Å²) in [5.41, 5.74) is 2.75. The van der Waals surface area contributed by atoms with Crippen LogP contribution in [0.4, 0.5) is 5.82 Å². The van der Waals surface area contributed by atoms with Gasteiger partial charge in [-0.2, -0.15) is 0 Å². The molecule has 0 aliphatic carbocycles. The highest BCUT2D eigenvalue weighted by Crippen LogP contribution is 2.18. The number of aryl methyl sites for hydroxylation is 1. The lowest BCUT2D eigenvalue weighted by Gasteiger charge is -2.35. The van der Waals surface area contributed by atoms with E-state index in [0.29, 0.717) is 38.3 Å². The molecule has 0 bridgehead atoms. The summed E-state index contributed by atoms with van der Waals surface area (Å²) in [4.78, 5) is 33.2. The lowest BCUT2D eigenvalue weighted by atomic mass is 10.1. The van der Waals surface area contributed by atoms with Crippen molar-refractivity contribution in [3.05, 3.63) is 89.6 Å². The summed E-state index contributed by atoms with van der Waals surface area (Å²) in [6.07, 6.45) is 1.73. The summed E-state index contributed by atoms with van der Waals surface area (Å²) < 4.78 is 5.80. The standard InChI is InChI=1S/C26H28N4O3.C2H6.H2/c1-20-7-9-22(10-8-20)26(32)28-18-25(31)30-15-13-29(14-16-30)24-12-11-23(17-27-24)33-19-21-5-3-2-4-6-21;1-2;/h2-12,17H,13-16,18-19H2,1H3,(H,28,32);1-2H3;1H. The summed E-state index contributed by atoms with van der Waals surface area (Å²) in [7, 11) is 0. The van der Waals surface area contributed by atoms with Crippen LogP contribution in [0.15, 0.2) is 72.9 Å². The molecule has 0 unspecified atom stereocenters. The highest BCUT2D eigenvalue weighted by Gasteiger charge is 2.22. The van der Waals surface area contributed by atoms with Gasteiger partial charge in [-0.05, 0) is 36.8 Å². The van der Waals surface area contributed by atoms with Crippen LogP contribution in [0.5, 0.6) is 5.75 Å². The number of ether oxygens (including phenoxy) is 1. The zero-order valence-electron chi connectivity index (χ0n) is 20.7. The molecule has 1 N–H and O–H groups in total. The number of carbonyl (C=O) groups is 2. The van der Waals surface area contributed by atoms with Crippen LogP contribution < -0.4 is 15.0 Å². The largest absolute Gasteiger partial charge is 0.487 e. The number of amides is 2. The minimum atomic E-state index is -0.235. The first-order chi connectivity index (χ1) is 17.1. The van der Waals surface area contributed by atoms with E-state index < -0.39 is 0 Å². The second-order valence-electron chi connectivity index (χ2n) is 8.04. The van der Waals surface area contributed by atoms with E-state index in [-0.39, 0.29) is 19.8 Å². The van der Waals surface area contributed by atoms with Gasteiger partial charge in [0.2, 0.25) is 5.91 Å². The Hall–Kier alpha value is -3.87. The average Bonchev–Trinajstić information content (AvgIpc) is 2.93. The molecule has 7 nitrogen and oxygen atoms in total. The summed E-state index contributed by atoms with van der Waals surface area (Å²) in [5, 5.41) is 2.72. The normalized spacial score (nSPS) is 12.9. The number of hydrogen-bond acceptors (Lipinski definition) is 5. The van der Waals surface area contributed by atoms with Crippen LogP contribution in [0, 0.1) is 6.92 Å². The van der Waals surface area contributed by atoms with Gasteiger partial charge in [-0.1, -0.05) is 61.9 Å². The van der Waals surface area contributed by atoms with Crippen LogP contribution in [0.1, 0.15) is 36.8 Å². The smallest absolute Gasteiger partial charge is 0.251 e. The third-order valence-electron chi connectivity index (χ3n) is 5.64. The van der Waals surface area contributed by atoms with E-state index in [9.17, 15) is 9.59 Å². The summed E-state index contributed by atoms with van der Waals surface area (Å²) >= 11 is 0. The summed E-state index contributed by atoms with van der Waals surface area (Å²) in [6, 6.07) is 21.2. The van der Waals surface area contributed by atoms with Crippen molar-refractivity contribution < 1.29 is 15.8 Å². The van der Waals surface area contributed by atoms with Gasteiger partial charge < -0.3 is 19.9 Å². The Labute approximate surface area is 209 Å². The van der Waals surface area contributed by atoms with Crippen molar-refractivity contribution in [2.24, 2.45) is 0 Å². The van der Waals surface area contributed by atoms with E-state index in [2.05, 4.69) is 15.2 Å². The Morgan fingerprint density at radius 1 is 0.943 bits per heavy atom. The molecule has 2 heterocycles. The van der Waals surface area contributed by atoms with Gasteiger partial charge in [-0.15, -0.1) is 0 Å². The second kappa shape index (κ2) is 13.1.